The van der Waals surface area contributed by atoms with Gasteiger partial charge in [-0.25, -0.2) is 4.98 Å². The van der Waals surface area contributed by atoms with Crippen LogP contribution in [0.5, 0.6) is 0 Å². The van der Waals surface area contributed by atoms with Gasteiger partial charge in [-0.3, -0.25) is 9.69 Å². The molecular weight excluding hydrogens is 371 g/mol. The Bertz CT molecular complexity index is 868. The lowest BCUT2D eigenvalue weighted by atomic mass is 10.2. The SMILES string of the molecule is N#Cc1cccnc1N1CCN(CC(=O)Nc2ccc(C(F)(F)F)cc2)CC1. The highest BCUT2D eigenvalue weighted by atomic mass is 19.4. The maximum absolute atomic E-state index is 12.6. The van der Waals surface area contributed by atoms with Gasteiger partial charge in [-0.15, -0.1) is 0 Å². The van der Waals surface area contributed by atoms with E-state index in [9.17, 15) is 23.2 Å². The van der Waals surface area contributed by atoms with Crippen molar-refractivity contribution in [1.29, 1.82) is 5.26 Å². The molecule has 0 aliphatic carbocycles. The Kier molecular flexibility index (Phi) is 5.80. The summed E-state index contributed by atoms with van der Waals surface area (Å²) in [5.41, 5.74) is 0.0765. The normalized spacial score (nSPS) is 15.1. The van der Waals surface area contributed by atoms with Gasteiger partial charge in [-0.1, -0.05) is 0 Å². The molecule has 9 heteroatoms. The van der Waals surface area contributed by atoms with Crippen molar-refractivity contribution in [3.63, 3.8) is 0 Å². The predicted octanol–water partition coefficient (Wildman–Crippen LogP) is 2.73. The maximum atomic E-state index is 12.6. The zero-order valence-electron chi connectivity index (χ0n) is 14.9. The van der Waals surface area contributed by atoms with Crippen LogP contribution >= 0.6 is 0 Å². The molecule has 3 rings (SSSR count). The molecule has 1 aliphatic rings. The summed E-state index contributed by atoms with van der Waals surface area (Å²) in [6.07, 6.45) is -2.76. The number of anilines is 2. The molecule has 6 nitrogen and oxygen atoms in total. The Hall–Kier alpha value is -3.12. The molecule has 2 heterocycles. The Balaban J connectivity index is 1.51. The molecule has 1 aromatic heterocycles. The average Bonchev–Trinajstić information content (AvgIpc) is 2.68. The van der Waals surface area contributed by atoms with Gasteiger partial charge in [0, 0.05) is 38.1 Å². The highest BCUT2D eigenvalue weighted by molar-refractivity contribution is 5.92. The number of hydrogen-bond acceptors (Lipinski definition) is 5. The van der Waals surface area contributed by atoms with E-state index >= 15 is 0 Å². The summed E-state index contributed by atoms with van der Waals surface area (Å²) < 4.78 is 37.7. The fourth-order valence-corrected chi connectivity index (χ4v) is 3.00. The number of nitriles is 1. The number of carbonyl (C=O) groups is 1. The van der Waals surface area contributed by atoms with E-state index in [0.717, 1.165) is 12.1 Å². The molecular formula is C19H18F3N5O. The molecule has 0 bridgehead atoms. The van der Waals surface area contributed by atoms with Crippen molar-refractivity contribution in [2.75, 3.05) is 42.9 Å². The maximum Gasteiger partial charge on any atom is 0.416 e. The van der Waals surface area contributed by atoms with Crippen molar-refractivity contribution in [3.8, 4) is 6.07 Å². The second-order valence-corrected chi connectivity index (χ2v) is 6.37. The van der Waals surface area contributed by atoms with E-state index in [0.29, 0.717) is 43.2 Å². The van der Waals surface area contributed by atoms with Crippen LogP contribution in [-0.2, 0) is 11.0 Å². The second-order valence-electron chi connectivity index (χ2n) is 6.37. The first-order chi connectivity index (χ1) is 13.4. The number of benzene rings is 1. The summed E-state index contributed by atoms with van der Waals surface area (Å²) in [6.45, 7) is 2.62. The van der Waals surface area contributed by atoms with Gasteiger partial charge < -0.3 is 10.2 Å². The van der Waals surface area contributed by atoms with Crippen molar-refractivity contribution >= 4 is 17.4 Å². The van der Waals surface area contributed by atoms with Crippen molar-refractivity contribution < 1.29 is 18.0 Å². The molecule has 1 aliphatic heterocycles. The van der Waals surface area contributed by atoms with Crippen LogP contribution in [0, 0.1) is 11.3 Å². The zero-order valence-corrected chi connectivity index (χ0v) is 14.9. The summed E-state index contributed by atoms with van der Waals surface area (Å²) >= 11 is 0. The van der Waals surface area contributed by atoms with E-state index in [1.165, 1.54) is 12.1 Å². The van der Waals surface area contributed by atoms with Gasteiger partial charge in [0.25, 0.3) is 0 Å². The van der Waals surface area contributed by atoms with Gasteiger partial charge in [0.1, 0.15) is 11.9 Å². The summed E-state index contributed by atoms with van der Waals surface area (Å²) in [7, 11) is 0. The standard InChI is InChI=1S/C19H18F3N5O/c20-19(21,22)15-3-5-16(6-4-15)25-17(28)13-26-8-10-27(11-9-26)18-14(12-23)2-1-7-24-18/h1-7H,8-11,13H2,(H,25,28). The van der Waals surface area contributed by atoms with Crippen LogP contribution in [0.25, 0.3) is 0 Å². The molecule has 0 radical (unpaired) electrons. The molecule has 146 valence electrons. The van der Waals surface area contributed by atoms with Crippen LogP contribution in [0.4, 0.5) is 24.7 Å². The number of nitrogens with one attached hydrogen (secondary N) is 1. The third kappa shape index (κ3) is 4.78. The Morgan fingerprint density at radius 1 is 1.14 bits per heavy atom. The van der Waals surface area contributed by atoms with Crippen LogP contribution in [0.3, 0.4) is 0 Å². The highest BCUT2D eigenvalue weighted by Gasteiger charge is 2.30. The van der Waals surface area contributed by atoms with Crippen molar-refractivity contribution in [3.05, 3.63) is 53.7 Å². The summed E-state index contributed by atoms with van der Waals surface area (Å²) in [6, 6.07) is 9.91. The number of nitrogens with zero attached hydrogens (tertiary/aromatic N) is 4. The molecule has 1 aromatic carbocycles. The Morgan fingerprint density at radius 3 is 2.43 bits per heavy atom. The molecule has 0 unspecified atom stereocenters. The minimum atomic E-state index is -4.40. The smallest absolute Gasteiger partial charge is 0.353 e. The minimum Gasteiger partial charge on any atom is -0.353 e. The quantitative estimate of drug-likeness (QED) is 0.871. The first-order valence-electron chi connectivity index (χ1n) is 8.66. The monoisotopic (exact) mass is 389 g/mol. The van der Waals surface area contributed by atoms with Gasteiger partial charge >= 0.3 is 6.18 Å². The van der Waals surface area contributed by atoms with Crippen LogP contribution in [0.1, 0.15) is 11.1 Å². The van der Waals surface area contributed by atoms with E-state index in [1.54, 1.807) is 18.3 Å². The Labute approximate surface area is 160 Å². The lowest BCUT2D eigenvalue weighted by Crippen LogP contribution is -2.49. The van der Waals surface area contributed by atoms with Crippen molar-refractivity contribution in [2.45, 2.75) is 6.18 Å². The number of carbonyl (C=O) groups excluding carboxylic acids is 1. The lowest BCUT2D eigenvalue weighted by Gasteiger charge is -2.35. The number of aromatic nitrogens is 1. The fraction of sp³-hybridized carbons (Fsp3) is 0.316. The molecule has 1 fully saturated rings. The minimum absolute atomic E-state index is 0.141. The van der Waals surface area contributed by atoms with Crippen molar-refractivity contribution in [1.82, 2.24) is 9.88 Å². The molecule has 0 saturated carbocycles. The number of piperazine rings is 1. The van der Waals surface area contributed by atoms with Crippen LogP contribution in [0.2, 0.25) is 0 Å². The third-order valence-electron chi connectivity index (χ3n) is 4.44. The predicted molar refractivity (Wildman–Crippen MR) is 97.7 cm³/mol. The van der Waals surface area contributed by atoms with Crippen molar-refractivity contribution in [2.24, 2.45) is 0 Å². The van der Waals surface area contributed by atoms with Crippen LogP contribution in [0.15, 0.2) is 42.6 Å². The second kappa shape index (κ2) is 8.27. The van der Waals surface area contributed by atoms with Crippen LogP contribution in [-0.4, -0.2) is 48.5 Å². The highest BCUT2D eigenvalue weighted by Crippen LogP contribution is 2.29. The fourth-order valence-electron chi connectivity index (χ4n) is 3.00. The average molecular weight is 389 g/mol. The van der Waals surface area contributed by atoms with Gasteiger partial charge in [0.2, 0.25) is 5.91 Å². The zero-order chi connectivity index (χ0) is 20.1. The molecule has 1 saturated heterocycles. The Morgan fingerprint density at radius 2 is 1.82 bits per heavy atom. The summed E-state index contributed by atoms with van der Waals surface area (Å²) in [5.74, 6) is 0.350. The molecule has 0 spiro atoms. The van der Waals surface area contributed by atoms with E-state index < -0.39 is 11.7 Å². The number of alkyl halides is 3. The van der Waals surface area contributed by atoms with E-state index in [4.69, 9.17) is 0 Å². The number of hydrogen-bond donors (Lipinski definition) is 1. The number of amides is 1. The van der Waals surface area contributed by atoms with Gasteiger partial charge in [-0.05, 0) is 36.4 Å². The molecule has 0 atom stereocenters. The molecule has 2 aromatic rings. The lowest BCUT2D eigenvalue weighted by molar-refractivity contribution is -0.137. The first kappa shape index (κ1) is 19.6. The van der Waals surface area contributed by atoms with E-state index in [1.807, 2.05) is 9.80 Å². The largest absolute Gasteiger partial charge is 0.416 e. The molecule has 1 N–H and O–H groups in total. The molecule has 1 amide bonds. The number of pyridine rings is 1. The summed E-state index contributed by atoms with van der Waals surface area (Å²) in [5, 5.41) is 11.8. The topological polar surface area (TPSA) is 72.3 Å². The number of halogens is 3. The van der Waals surface area contributed by atoms with E-state index in [-0.39, 0.29) is 12.5 Å². The summed E-state index contributed by atoms with van der Waals surface area (Å²) in [4.78, 5) is 20.4. The first-order valence-corrected chi connectivity index (χ1v) is 8.66. The van der Waals surface area contributed by atoms with Gasteiger partial charge in [0.15, 0.2) is 0 Å². The van der Waals surface area contributed by atoms with E-state index in [2.05, 4.69) is 16.4 Å². The van der Waals surface area contributed by atoms with Crippen LogP contribution < -0.4 is 10.2 Å². The van der Waals surface area contributed by atoms with Gasteiger partial charge in [0.05, 0.1) is 17.7 Å². The third-order valence-corrected chi connectivity index (χ3v) is 4.44. The number of rotatable bonds is 4. The van der Waals surface area contributed by atoms with Gasteiger partial charge in [-0.2, -0.15) is 18.4 Å². The molecule has 28 heavy (non-hydrogen) atoms.